The SMILES string of the molecule is Cc1sc(C(=O)Nc2ccc(-c3nccs3)cc2)cc1N. The Bertz CT molecular complexity index is 741. The molecule has 0 aliphatic rings. The molecule has 3 aromatic rings. The molecule has 0 atom stereocenters. The predicted molar refractivity (Wildman–Crippen MR) is 89.0 cm³/mol. The molecule has 0 aliphatic carbocycles. The van der Waals surface area contributed by atoms with Gasteiger partial charge in [0.15, 0.2) is 0 Å². The van der Waals surface area contributed by atoms with Gasteiger partial charge in [0.25, 0.3) is 5.91 Å². The van der Waals surface area contributed by atoms with Crippen molar-refractivity contribution in [3.63, 3.8) is 0 Å². The van der Waals surface area contributed by atoms with Crippen LogP contribution in [0.15, 0.2) is 41.9 Å². The molecule has 0 aliphatic heterocycles. The van der Waals surface area contributed by atoms with Gasteiger partial charge in [-0.15, -0.1) is 22.7 Å². The van der Waals surface area contributed by atoms with E-state index in [9.17, 15) is 4.79 Å². The number of aryl methyl sites for hydroxylation is 1. The number of rotatable bonds is 3. The lowest BCUT2D eigenvalue weighted by Gasteiger charge is -2.04. The first-order valence-corrected chi connectivity index (χ1v) is 8.00. The third kappa shape index (κ3) is 2.96. The molecule has 0 unspecified atom stereocenters. The number of nitrogen functional groups attached to an aromatic ring is 1. The molecular weight excluding hydrogens is 302 g/mol. The summed E-state index contributed by atoms with van der Waals surface area (Å²) in [7, 11) is 0. The molecule has 0 spiro atoms. The summed E-state index contributed by atoms with van der Waals surface area (Å²) >= 11 is 2.98. The van der Waals surface area contributed by atoms with Crippen LogP contribution in [0.5, 0.6) is 0 Å². The molecule has 0 saturated carbocycles. The number of amides is 1. The minimum absolute atomic E-state index is 0.137. The van der Waals surface area contributed by atoms with Gasteiger partial charge < -0.3 is 11.1 Å². The molecule has 2 heterocycles. The van der Waals surface area contributed by atoms with Crippen LogP contribution < -0.4 is 11.1 Å². The fourth-order valence-corrected chi connectivity index (χ4v) is 3.34. The highest BCUT2D eigenvalue weighted by atomic mass is 32.1. The zero-order chi connectivity index (χ0) is 14.8. The Hall–Kier alpha value is -2.18. The molecule has 0 radical (unpaired) electrons. The van der Waals surface area contributed by atoms with E-state index in [1.165, 1.54) is 11.3 Å². The number of nitrogens with two attached hydrogens (primary N) is 1. The Morgan fingerprint density at radius 1 is 1.29 bits per heavy atom. The number of hydrogen-bond acceptors (Lipinski definition) is 5. The van der Waals surface area contributed by atoms with Crippen molar-refractivity contribution in [3.05, 3.63) is 51.7 Å². The molecule has 6 heteroatoms. The Morgan fingerprint density at radius 2 is 2.05 bits per heavy atom. The number of carbonyl (C=O) groups is 1. The van der Waals surface area contributed by atoms with E-state index in [0.29, 0.717) is 10.6 Å². The number of aromatic nitrogens is 1. The summed E-state index contributed by atoms with van der Waals surface area (Å²) in [6.45, 7) is 1.90. The first-order chi connectivity index (χ1) is 10.1. The molecule has 0 fully saturated rings. The molecule has 4 nitrogen and oxygen atoms in total. The van der Waals surface area contributed by atoms with Crippen molar-refractivity contribution in [1.82, 2.24) is 4.98 Å². The van der Waals surface area contributed by atoms with Gasteiger partial charge in [0.2, 0.25) is 0 Å². The minimum atomic E-state index is -0.137. The maximum absolute atomic E-state index is 12.1. The number of benzene rings is 1. The Balaban J connectivity index is 1.74. The maximum Gasteiger partial charge on any atom is 0.265 e. The first-order valence-electron chi connectivity index (χ1n) is 6.30. The molecule has 1 amide bonds. The van der Waals surface area contributed by atoms with Crippen LogP contribution in [0.4, 0.5) is 11.4 Å². The summed E-state index contributed by atoms with van der Waals surface area (Å²) in [6, 6.07) is 9.35. The summed E-state index contributed by atoms with van der Waals surface area (Å²) in [5.41, 5.74) is 8.22. The summed E-state index contributed by atoms with van der Waals surface area (Å²) in [4.78, 5) is 18.0. The van der Waals surface area contributed by atoms with Crippen molar-refractivity contribution < 1.29 is 4.79 Å². The fraction of sp³-hybridized carbons (Fsp3) is 0.0667. The van der Waals surface area contributed by atoms with Crippen LogP contribution in [0.3, 0.4) is 0 Å². The standard InChI is InChI=1S/C15H13N3OS2/c1-9-12(16)8-13(21-9)14(19)18-11-4-2-10(3-5-11)15-17-6-7-20-15/h2-8H,16H2,1H3,(H,18,19). The molecule has 3 rings (SSSR count). The molecule has 3 N–H and O–H groups in total. The Morgan fingerprint density at radius 3 is 2.62 bits per heavy atom. The van der Waals surface area contributed by atoms with Crippen molar-refractivity contribution in [2.45, 2.75) is 6.92 Å². The summed E-state index contributed by atoms with van der Waals surface area (Å²) in [5, 5.41) is 5.78. The zero-order valence-corrected chi connectivity index (χ0v) is 12.9. The second-order valence-corrected chi connectivity index (χ2v) is 6.64. The Labute approximate surface area is 130 Å². The summed E-state index contributed by atoms with van der Waals surface area (Å²) in [5.74, 6) is -0.137. The van der Waals surface area contributed by atoms with Gasteiger partial charge >= 0.3 is 0 Å². The number of nitrogens with one attached hydrogen (secondary N) is 1. The van der Waals surface area contributed by atoms with Crippen molar-refractivity contribution in [1.29, 1.82) is 0 Å². The number of anilines is 2. The topological polar surface area (TPSA) is 68.0 Å². The van der Waals surface area contributed by atoms with Crippen LogP contribution in [-0.4, -0.2) is 10.9 Å². The van der Waals surface area contributed by atoms with Crippen molar-refractivity contribution in [3.8, 4) is 10.6 Å². The van der Waals surface area contributed by atoms with Crippen LogP contribution in [0.25, 0.3) is 10.6 Å². The number of thiazole rings is 1. The molecule has 0 saturated heterocycles. The van der Waals surface area contributed by atoms with Gasteiger partial charge in [-0.2, -0.15) is 0 Å². The van der Waals surface area contributed by atoms with Crippen molar-refractivity contribution in [2.24, 2.45) is 0 Å². The monoisotopic (exact) mass is 315 g/mol. The second-order valence-electron chi connectivity index (χ2n) is 4.49. The molecule has 1 aromatic carbocycles. The van der Waals surface area contributed by atoms with Gasteiger partial charge in [0.05, 0.1) is 4.88 Å². The highest BCUT2D eigenvalue weighted by Crippen LogP contribution is 2.26. The van der Waals surface area contributed by atoms with Crippen LogP contribution in [0.2, 0.25) is 0 Å². The highest BCUT2D eigenvalue weighted by molar-refractivity contribution is 7.14. The Kier molecular flexibility index (Phi) is 3.72. The molecule has 0 bridgehead atoms. The molecule has 2 aromatic heterocycles. The lowest BCUT2D eigenvalue weighted by molar-refractivity contribution is 0.103. The normalized spacial score (nSPS) is 10.5. The van der Waals surface area contributed by atoms with Gasteiger partial charge in [0.1, 0.15) is 5.01 Å². The maximum atomic E-state index is 12.1. The average Bonchev–Trinajstić information content (AvgIpc) is 3.11. The fourth-order valence-electron chi connectivity index (χ4n) is 1.86. The van der Waals surface area contributed by atoms with Gasteiger partial charge in [-0.1, -0.05) is 0 Å². The summed E-state index contributed by atoms with van der Waals surface area (Å²) < 4.78 is 0. The lowest BCUT2D eigenvalue weighted by atomic mass is 10.2. The van der Waals surface area contributed by atoms with Gasteiger partial charge in [0, 0.05) is 33.4 Å². The predicted octanol–water partition coefficient (Wildman–Crippen LogP) is 4.01. The number of thiophene rings is 1. The number of carbonyl (C=O) groups excluding carboxylic acids is 1. The third-order valence-electron chi connectivity index (χ3n) is 3.00. The smallest absolute Gasteiger partial charge is 0.265 e. The van der Waals surface area contributed by atoms with E-state index >= 15 is 0 Å². The average molecular weight is 315 g/mol. The van der Waals surface area contributed by atoms with E-state index in [1.807, 2.05) is 36.6 Å². The van der Waals surface area contributed by atoms with Crippen LogP contribution in [0, 0.1) is 6.92 Å². The lowest BCUT2D eigenvalue weighted by Crippen LogP contribution is -2.09. The minimum Gasteiger partial charge on any atom is -0.398 e. The van der Waals surface area contributed by atoms with E-state index in [0.717, 1.165) is 21.1 Å². The van der Waals surface area contributed by atoms with Crippen molar-refractivity contribution >= 4 is 40.0 Å². The van der Waals surface area contributed by atoms with E-state index in [2.05, 4.69) is 10.3 Å². The molecule has 106 valence electrons. The van der Waals surface area contributed by atoms with Crippen LogP contribution in [0.1, 0.15) is 14.5 Å². The zero-order valence-electron chi connectivity index (χ0n) is 11.3. The van der Waals surface area contributed by atoms with E-state index in [1.54, 1.807) is 23.6 Å². The summed E-state index contributed by atoms with van der Waals surface area (Å²) in [6.07, 6.45) is 1.78. The highest BCUT2D eigenvalue weighted by Gasteiger charge is 2.11. The molecular formula is C15H13N3OS2. The van der Waals surface area contributed by atoms with Gasteiger partial charge in [-0.25, -0.2) is 4.98 Å². The van der Waals surface area contributed by atoms with E-state index in [-0.39, 0.29) is 5.91 Å². The first kappa shape index (κ1) is 13.8. The third-order valence-corrected chi connectivity index (χ3v) is 4.89. The number of nitrogens with zero attached hydrogens (tertiary/aromatic N) is 1. The van der Waals surface area contributed by atoms with Crippen LogP contribution >= 0.6 is 22.7 Å². The van der Waals surface area contributed by atoms with Gasteiger partial charge in [-0.3, -0.25) is 4.79 Å². The molecule has 21 heavy (non-hydrogen) atoms. The van der Waals surface area contributed by atoms with Gasteiger partial charge in [-0.05, 0) is 37.3 Å². The largest absolute Gasteiger partial charge is 0.398 e. The van der Waals surface area contributed by atoms with E-state index in [4.69, 9.17) is 5.73 Å². The number of hydrogen-bond donors (Lipinski definition) is 2. The van der Waals surface area contributed by atoms with E-state index < -0.39 is 0 Å². The van der Waals surface area contributed by atoms with Crippen LogP contribution in [-0.2, 0) is 0 Å². The quantitative estimate of drug-likeness (QED) is 0.767. The second kappa shape index (κ2) is 5.67. The van der Waals surface area contributed by atoms with Crippen molar-refractivity contribution in [2.75, 3.05) is 11.1 Å².